The molecule has 0 aromatic rings. The molecular formula is C9H14O4. The molecule has 13 heavy (non-hydrogen) atoms. The van der Waals surface area contributed by atoms with Gasteiger partial charge in [-0.1, -0.05) is 13.3 Å². The Hall–Kier alpha value is -1.06. The molecule has 1 saturated carbocycles. The van der Waals surface area contributed by atoms with E-state index >= 15 is 0 Å². The van der Waals surface area contributed by atoms with Gasteiger partial charge >= 0.3 is 11.9 Å². The minimum Gasteiger partial charge on any atom is -0.481 e. The molecule has 0 aromatic carbocycles. The molecule has 2 N–H and O–H groups in total. The van der Waals surface area contributed by atoms with Crippen LogP contribution in [-0.2, 0) is 9.59 Å². The van der Waals surface area contributed by atoms with Crippen molar-refractivity contribution in [1.29, 1.82) is 0 Å². The van der Waals surface area contributed by atoms with Crippen LogP contribution >= 0.6 is 0 Å². The Kier molecular flexibility index (Phi) is 2.90. The largest absolute Gasteiger partial charge is 0.481 e. The number of rotatable bonds is 2. The van der Waals surface area contributed by atoms with Crippen molar-refractivity contribution in [2.45, 2.75) is 26.2 Å². The highest BCUT2D eigenvalue weighted by Crippen LogP contribution is 2.34. The van der Waals surface area contributed by atoms with Crippen LogP contribution in [0.15, 0.2) is 0 Å². The van der Waals surface area contributed by atoms with E-state index in [2.05, 4.69) is 0 Å². The lowest BCUT2D eigenvalue weighted by Gasteiger charge is -2.30. The number of hydrogen-bond donors (Lipinski definition) is 2. The smallest absolute Gasteiger partial charge is 0.307 e. The number of carboxylic acid groups (broad SMARTS) is 2. The third kappa shape index (κ3) is 1.99. The molecule has 4 heteroatoms. The Morgan fingerprint density at radius 1 is 1.15 bits per heavy atom. The zero-order valence-electron chi connectivity index (χ0n) is 7.56. The Bertz CT molecular complexity index is 224. The molecular weight excluding hydrogens is 172 g/mol. The SMILES string of the molecule is C[C@@H]1CCC[C@@H](C(=O)O)[C@@H]1C(=O)O. The van der Waals surface area contributed by atoms with Gasteiger partial charge in [0.15, 0.2) is 0 Å². The van der Waals surface area contributed by atoms with Gasteiger partial charge < -0.3 is 10.2 Å². The Labute approximate surface area is 76.6 Å². The average Bonchev–Trinajstić information content (AvgIpc) is 2.02. The highest BCUT2D eigenvalue weighted by atomic mass is 16.4. The molecule has 0 spiro atoms. The van der Waals surface area contributed by atoms with Crippen LogP contribution in [0.3, 0.4) is 0 Å². The van der Waals surface area contributed by atoms with Crippen molar-refractivity contribution in [3.05, 3.63) is 0 Å². The van der Waals surface area contributed by atoms with Gasteiger partial charge in [0.25, 0.3) is 0 Å². The topological polar surface area (TPSA) is 74.6 Å². The van der Waals surface area contributed by atoms with Crippen LogP contribution in [-0.4, -0.2) is 22.2 Å². The van der Waals surface area contributed by atoms with Crippen molar-refractivity contribution >= 4 is 11.9 Å². The number of carboxylic acids is 2. The van der Waals surface area contributed by atoms with Crippen LogP contribution in [0.5, 0.6) is 0 Å². The molecule has 0 aliphatic heterocycles. The lowest BCUT2D eigenvalue weighted by Crippen LogP contribution is -2.37. The van der Waals surface area contributed by atoms with E-state index in [1.54, 1.807) is 0 Å². The van der Waals surface area contributed by atoms with E-state index in [0.29, 0.717) is 6.42 Å². The van der Waals surface area contributed by atoms with E-state index in [4.69, 9.17) is 10.2 Å². The van der Waals surface area contributed by atoms with E-state index in [0.717, 1.165) is 12.8 Å². The molecule has 0 heterocycles. The zero-order valence-corrected chi connectivity index (χ0v) is 7.56. The average molecular weight is 186 g/mol. The first-order valence-corrected chi connectivity index (χ1v) is 4.49. The fourth-order valence-corrected chi connectivity index (χ4v) is 2.11. The van der Waals surface area contributed by atoms with Crippen molar-refractivity contribution in [3.63, 3.8) is 0 Å². The van der Waals surface area contributed by atoms with E-state index in [-0.39, 0.29) is 5.92 Å². The second kappa shape index (κ2) is 3.77. The molecule has 1 fully saturated rings. The van der Waals surface area contributed by atoms with Crippen LogP contribution in [0.2, 0.25) is 0 Å². The summed E-state index contributed by atoms with van der Waals surface area (Å²) in [6.07, 6.45) is 2.14. The van der Waals surface area contributed by atoms with E-state index in [9.17, 15) is 9.59 Å². The minimum atomic E-state index is -0.973. The molecule has 74 valence electrons. The van der Waals surface area contributed by atoms with Gasteiger partial charge in [-0.3, -0.25) is 9.59 Å². The summed E-state index contributed by atoms with van der Waals surface area (Å²) in [5.74, 6) is -3.36. The van der Waals surface area contributed by atoms with Crippen molar-refractivity contribution in [1.82, 2.24) is 0 Å². The maximum Gasteiger partial charge on any atom is 0.307 e. The third-order valence-electron chi connectivity index (χ3n) is 2.82. The van der Waals surface area contributed by atoms with Gasteiger partial charge in [-0.25, -0.2) is 0 Å². The first-order chi connectivity index (χ1) is 6.04. The number of carbonyl (C=O) groups is 2. The normalized spacial score (nSPS) is 34.1. The lowest BCUT2D eigenvalue weighted by atomic mass is 9.73. The third-order valence-corrected chi connectivity index (χ3v) is 2.82. The number of hydrogen-bond acceptors (Lipinski definition) is 2. The van der Waals surface area contributed by atoms with Crippen LogP contribution in [0, 0.1) is 17.8 Å². The van der Waals surface area contributed by atoms with Gasteiger partial charge in [0.2, 0.25) is 0 Å². The van der Waals surface area contributed by atoms with Crippen LogP contribution < -0.4 is 0 Å². The molecule has 0 saturated heterocycles. The zero-order chi connectivity index (χ0) is 10.0. The standard InChI is InChI=1S/C9H14O4/c1-5-3-2-4-6(8(10)11)7(5)9(12)13/h5-7H,2-4H2,1H3,(H,10,11)(H,12,13)/t5-,6-,7-/m1/s1. The van der Waals surface area contributed by atoms with Gasteiger partial charge in [-0.2, -0.15) is 0 Å². The Morgan fingerprint density at radius 2 is 1.77 bits per heavy atom. The van der Waals surface area contributed by atoms with Gasteiger partial charge in [-0.05, 0) is 18.8 Å². The first-order valence-electron chi connectivity index (χ1n) is 4.49. The predicted octanol–water partition coefficient (Wildman–Crippen LogP) is 1.21. The fraction of sp³-hybridized carbons (Fsp3) is 0.778. The summed E-state index contributed by atoms with van der Waals surface area (Å²) in [6.45, 7) is 1.81. The summed E-state index contributed by atoms with van der Waals surface area (Å²) in [5.41, 5.74) is 0. The molecule has 3 atom stereocenters. The highest BCUT2D eigenvalue weighted by molar-refractivity contribution is 5.80. The summed E-state index contributed by atoms with van der Waals surface area (Å²) >= 11 is 0. The molecule has 4 nitrogen and oxygen atoms in total. The van der Waals surface area contributed by atoms with Gasteiger partial charge in [-0.15, -0.1) is 0 Å². The minimum absolute atomic E-state index is 0.0210. The predicted molar refractivity (Wildman–Crippen MR) is 45.3 cm³/mol. The maximum absolute atomic E-state index is 10.8. The summed E-state index contributed by atoms with van der Waals surface area (Å²) < 4.78 is 0. The molecule has 1 rings (SSSR count). The van der Waals surface area contributed by atoms with E-state index in [1.807, 2.05) is 6.92 Å². The van der Waals surface area contributed by atoms with E-state index in [1.165, 1.54) is 0 Å². The van der Waals surface area contributed by atoms with Gasteiger partial charge in [0.05, 0.1) is 11.8 Å². The van der Waals surface area contributed by atoms with Crippen molar-refractivity contribution in [3.8, 4) is 0 Å². The molecule has 0 aromatic heterocycles. The maximum atomic E-state index is 10.8. The van der Waals surface area contributed by atoms with Crippen molar-refractivity contribution in [2.24, 2.45) is 17.8 Å². The Morgan fingerprint density at radius 3 is 2.15 bits per heavy atom. The quantitative estimate of drug-likeness (QED) is 0.679. The number of aliphatic carboxylic acids is 2. The second-order valence-corrected chi connectivity index (χ2v) is 3.72. The van der Waals surface area contributed by atoms with Crippen LogP contribution in [0.4, 0.5) is 0 Å². The van der Waals surface area contributed by atoms with E-state index < -0.39 is 23.8 Å². The van der Waals surface area contributed by atoms with Crippen LogP contribution in [0.25, 0.3) is 0 Å². The molecule has 0 unspecified atom stereocenters. The Balaban J connectivity index is 2.80. The van der Waals surface area contributed by atoms with Crippen molar-refractivity contribution < 1.29 is 19.8 Å². The lowest BCUT2D eigenvalue weighted by molar-refractivity contribution is -0.158. The molecule has 0 amide bonds. The van der Waals surface area contributed by atoms with Gasteiger partial charge in [0, 0.05) is 0 Å². The first kappa shape index (κ1) is 10.0. The summed E-state index contributed by atoms with van der Waals surface area (Å²) in [7, 11) is 0. The fourth-order valence-electron chi connectivity index (χ4n) is 2.11. The summed E-state index contributed by atoms with van der Waals surface area (Å²) in [6, 6.07) is 0. The summed E-state index contributed by atoms with van der Waals surface area (Å²) in [4.78, 5) is 21.6. The molecule has 1 aliphatic rings. The monoisotopic (exact) mass is 186 g/mol. The molecule has 0 radical (unpaired) electrons. The van der Waals surface area contributed by atoms with Crippen molar-refractivity contribution in [2.75, 3.05) is 0 Å². The highest BCUT2D eigenvalue weighted by Gasteiger charge is 2.39. The second-order valence-electron chi connectivity index (χ2n) is 3.72. The molecule has 0 bridgehead atoms. The molecule has 1 aliphatic carbocycles. The van der Waals surface area contributed by atoms with Gasteiger partial charge in [0.1, 0.15) is 0 Å². The van der Waals surface area contributed by atoms with Crippen LogP contribution in [0.1, 0.15) is 26.2 Å². The summed E-state index contributed by atoms with van der Waals surface area (Å²) in [5, 5.41) is 17.7.